The summed E-state index contributed by atoms with van der Waals surface area (Å²) in [6.07, 6.45) is 7.85. The van der Waals surface area contributed by atoms with E-state index in [1.807, 2.05) is 12.2 Å². The Kier molecular flexibility index (Phi) is 2.48. The van der Waals surface area contributed by atoms with Crippen molar-refractivity contribution < 1.29 is 14.4 Å². The molecule has 3 aliphatic rings. The van der Waals surface area contributed by atoms with Crippen LogP contribution in [0.1, 0.15) is 16.8 Å². The number of fused-ring (bicyclic) bond motifs is 5. The number of hydrogen-bond acceptors (Lipinski definition) is 4. The summed E-state index contributed by atoms with van der Waals surface area (Å²) in [6.45, 7) is 0. The molecule has 1 N–H and O–H groups in total. The number of nitrogens with one attached hydrogen (secondary N) is 1. The minimum absolute atomic E-state index is 0.136. The Bertz CT molecular complexity index is 640. The van der Waals surface area contributed by atoms with Crippen LogP contribution in [0, 0.1) is 23.7 Å². The lowest BCUT2D eigenvalue weighted by molar-refractivity contribution is -0.143. The molecular formula is C15H13N3O3. The number of pyridine rings is 1. The van der Waals surface area contributed by atoms with Gasteiger partial charge in [0, 0.05) is 12.4 Å². The van der Waals surface area contributed by atoms with Gasteiger partial charge in [-0.15, -0.1) is 0 Å². The Labute approximate surface area is 120 Å². The van der Waals surface area contributed by atoms with E-state index in [-0.39, 0.29) is 35.5 Å². The first-order valence-electron chi connectivity index (χ1n) is 6.94. The minimum Gasteiger partial charge on any atom is -0.272 e. The summed E-state index contributed by atoms with van der Waals surface area (Å²) < 4.78 is 0. The Balaban J connectivity index is 1.56. The van der Waals surface area contributed by atoms with E-state index < -0.39 is 5.91 Å². The molecule has 2 bridgehead atoms. The first kappa shape index (κ1) is 12.3. The molecule has 1 aliphatic heterocycles. The molecule has 2 aliphatic carbocycles. The van der Waals surface area contributed by atoms with Crippen LogP contribution < -0.4 is 5.43 Å². The maximum absolute atomic E-state index is 12.4. The van der Waals surface area contributed by atoms with E-state index >= 15 is 0 Å². The van der Waals surface area contributed by atoms with Gasteiger partial charge in [0.1, 0.15) is 0 Å². The number of amides is 3. The van der Waals surface area contributed by atoms with Gasteiger partial charge in [-0.1, -0.05) is 12.2 Å². The zero-order valence-corrected chi connectivity index (χ0v) is 11.1. The smallest absolute Gasteiger partial charge is 0.271 e. The maximum atomic E-state index is 12.4. The Hall–Kier alpha value is -2.50. The summed E-state index contributed by atoms with van der Waals surface area (Å²) in [4.78, 5) is 40.7. The van der Waals surface area contributed by atoms with E-state index in [2.05, 4.69) is 10.4 Å². The van der Waals surface area contributed by atoms with Crippen molar-refractivity contribution in [2.75, 3.05) is 0 Å². The fourth-order valence-electron chi connectivity index (χ4n) is 3.68. The van der Waals surface area contributed by atoms with Crippen molar-refractivity contribution in [2.45, 2.75) is 6.42 Å². The van der Waals surface area contributed by atoms with Gasteiger partial charge in [0.2, 0.25) is 0 Å². The standard InChI is InChI=1S/C15H13N3O3/c19-13(10-2-1-5-16-7-10)17-18-14(20)11-8-3-4-9(6-8)12(11)15(18)21/h1-5,7-9,11-12H,6H2,(H,17,19)/t8-,9-,11+,12+/m1/s1. The molecule has 6 heteroatoms. The maximum Gasteiger partial charge on any atom is 0.271 e. The summed E-state index contributed by atoms with van der Waals surface area (Å²) in [5.74, 6) is -1.42. The van der Waals surface area contributed by atoms with E-state index in [4.69, 9.17) is 0 Å². The quantitative estimate of drug-likeness (QED) is 0.634. The van der Waals surface area contributed by atoms with Crippen LogP contribution in [0.3, 0.4) is 0 Å². The van der Waals surface area contributed by atoms with Crippen LogP contribution in [-0.2, 0) is 9.59 Å². The van der Waals surface area contributed by atoms with Crippen molar-refractivity contribution in [3.8, 4) is 0 Å². The average Bonchev–Trinajstić information content (AvgIpc) is 3.18. The van der Waals surface area contributed by atoms with Crippen LogP contribution in [0.5, 0.6) is 0 Å². The van der Waals surface area contributed by atoms with Crippen molar-refractivity contribution in [2.24, 2.45) is 23.7 Å². The highest BCUT2D eigenvalue weighted by Crippen LogP contribution is 2.52. The lowest BCUT2D eigenvalue weighted by Gasteiger charge is -2.17. The molecule has 3 amide bonds. The molecular weight excluding hydrogens is 270 g/mol. The molecule has 21 heavy (non-hydrogen) atoms. The highest BCUT2D eigenvalue weighted by molar-refractivity contribution is 6.08. The summed E-state index contributed by atoms with van der Waals surface area (Å²) in [6, 6.07) is 3.21. The number of hydrazine groups is 1. The topological polar surface area (TPSA) is 79.4 Å². The van der Waals surface area contributed by atoms with Crippen LogP contribution in [0.25, 0.3) is 0 Å². The molecule has 0 unspecified atom stereocenters. The molecule has 4 rings (SSSR count). The number of carbonyl (C=O) groups is 3. The number of rotatable bonds is 2. The third-order valence-electron chi connectivity index (χ3n) is 4.61. The highest BCUT2D eigenvalue weighted by Gasteiger charge is 2.59. The molecule has 4 atom stereocenters. The van der Waals surface area contributed by atoms with Crippen molar-refractivity contribution in [3.63, 3.8) is 0 Å². The van der Waals surface area contributed by atoms with E-state index in [9.17, 15) is 14.4 Å². The van der Waals surface area contributed by atoms with Gasteiger partial charge in [0.25, 0.3) is 17.7 Å². The van der Waals surface area contributed by atoms with Crippen molar-refractivity contribution in [1.82, 2.24) is 15.4 Å². The van der Waals surface area contributed by atoms with Gasteiger partial charge in [-0.3, -0.25) is 24.8 Å². The molecule has 6 nitrogen and oxygen atoms in total. The predicted molar refractivity (Wildman–Crippen MR) is 71.3 cm³/mol. The second kappa shape index (κ2) is 4.25. The van der Waals surface area contributed by atoms with Crippen molar-refractivity contribution in [3.05, 3.63) is 42.2 Å². The second-order valence-electron chi connectivity index (χ2n) is 5.69. The number of aromatic nitrogens is 1. The molecule has 2 fully saturated rings. The number of allylic oxidation sites excluding steroid dienone is 2. The predicted octanol–water partition coefficient (Wildman–Crippen LogP) is 0.533. The first-order chi connectivity index (χ1) is 10.2. The molecule has 0 aromatic carbocycles. The lowest BCUT2D eigenvalue weighted by atomic mass is 9.85. The van der Waals surface area contributed by atoms with Crippen LogP contribution >= 0.6 is 0 Å². The van der Waals surface area contributed by atoms with Gasteiger partial charge in [-0.05, 0) is 30.4 Å². The Morgan fingerprint density at radius 1 is 1.19 bits per heavy atom. The normalized spacial score (nSPS) is 32.7. The largest absolute Gasteiger partial charge is 0.272 e. The SMILES string of the molecule is O=C(NN1C(=O)[C@@H]2[C@@H](C1=O)[C@@H]1C=C[C@@H]2C1)c1cccnc1. The van der Waals surface area contributed by atoms with Crippen LogP contribution in [0.4, 0.5) is 0 Å². The van der Waals surface area contributed by atoms with Crippen molar-refractivity contribution in [1.29, 1.82) is 0 Å². The first-order valence-corrected chi connectivity index (χ1v) is 6.94. The number of carbonyl (C=O) groups excluding carboxylic acids is 3. The van der Waals surface area contributed by atoms with Crippen LogP contribution in [0.2, 0.25) is 0 Å². The summed E-state index contributed by atoms with van der Waals surface area (Å²) in [7, 11) is 0. The molecule has 0 spiro atoms. The van der Waals surface area contributed by atoms with Crippen molar-refractivity contribution >= 4 is 17.7 Å². The van der Waals surface area contributed by atoms with E-state index in [0.717, 1.165) is 11.4 Å². The summed E-state index contributed by atoms with van der Waals surface area (Å²) in [5.41, 5.74) is 2.74. The molecule has 2 heterocycles. The summed E-state index contributed by atoms with van der Waals surface area (Å²) >= 11 is 0. The zero-order chi connectivity index (χ0) is 14.6. The third-order valence-corrected chi connectivity index (χ3v) is 4.61. The third kappa shape index (κ3) is 1.65. The highest BCUT2D eigenvalue weighted by atomic mass is 16.2. The van der Waals surface area contributed by atoms with Gasteiger partial charge in [0.15, 0.2) is 0 Å². The number of imide groups is 1. The number of nitrogens with zero attached hydrogens (tertiary/aromatic N) is 2. The molecule has 1 saturated carbocycles. The molecule has 1 aromatic rings. The van der Waals surface area contributed by atoms with E-state index in [1.165, 1.54) is 6.20 Å². The van der Waals surface area contributed by atoms with E-state index in [0.29, 0.717) is 5.56 Å². The molecule has 106 valence electrons. The molecule has 0 radical (unpaired) electrons. The lowest BCUT2D eigenvalue weighted by Crippen LogP contribution is -2.47. The number of hydrogen-bond donors (Lipinski definition) is 1. The van der Waals surface area contributed by atoms with Gasteiger partial charge >= 0.3 is 0 Å². The second-order valence-corrected chi connectivity index (χ2v) is 5.69. The Morgan fingerprint density at radius 2 is 1.86 bits per heavy atom. The van der Waals surface area contributed by atoms with E-state index in [1.54, 1.807) is 18.3 Å². The average molecular weight is 283 g/mol. The van der Waals surface area contributed by atoms with Gasteiger partial charge < -0.3 is 0 Å². The zero-order valence-electron chi connectivity index (χ0n) is 11.1. The van der Waals surface area contributed by atoms with Gasteiger partial charge in [0.05, 0.1) is 17.4 Å². The molecule has 1 saturated heterocycles. The fraction of sp³-hybridized carbons (Fsp3) is 0.333. The van der Waals surface area contributed by atoms with Crippen LogP contribution in [0.15, 0.2) is 36.7 Å². The van der Waals surface area contributed by atoms with Crippen LogP contribution in [-0.4, -0.2) is 27.7 Å². The monoisotopic (exact) mass is 283 g/mol. The molecule has 1 aromatic heterocycles. The van der Waals surface area contributed by atoms with Gasteiger partial charge in [-0.2, -0.15) is 5.01 Å². The minimum atomic E-state index is -0.495. The summed E-state index contributed by atoms with van der Waals surface area (Å²) in [5, 5.41) is 0.900. The van der Waals surface area contributed by atoms with Gasteiger partial charge in [-0.25, -0.2) is 0 Å². The fourth-order valence-corrected chi connectivity index (χ4v) is 3.68. The Morgan fingerprint density at radius 3 is 2.43 bits per heavy atom.